The van der Waals surface area contributed by atoms with Gasteiger partial charge in [-0.1, -0.05) is 20.8 Å². The average Bonchev–Trinajstić information content (AvgIpc) is 2.84. The van der Waals surface area contributed by atoms with Crippen molar-refractivity contribution in [3.8, 4) is 0 Å². The molecule has 110 valence electrons. The molecule has 4 heteroatoms. The van der Waals surface area contributed by atoms with Crippen LogP contribution >= 0.6 is 0 Å². The van der Waals surface area contributed by atoms with Gasteiger partial charge in [0.25, 0.3) is 0 Å². The summed E-state index contributed by atoms with van der Waals surface area (Å²) in [5.41, 5.74) is -0.191. The minimum Gasteiger partial charge on any atom is -0.379 e. The van der Waals surface area contributed by atoms with E-state index in [9.17, 15) is 4.79 Å². The molecule has 0 radical (unpaired) electrons. The van der Waals surface area contributed by atoms with Gasteiger partial charge in [-0.2, -0.15) is 0 Å². The predicted molar refractivity (Wildman–Crippen MR) is 76.3 cm³/mol. The van der Waals surface area contributed by atoms with Gasteiger partial charge in [-0.15, -0.1) is 0 Å². The Morgan fingerprint density at radius 1 is 1.21 bits per heavy atom. The minimum absolute atomic E-state index is 0.191. The van der Waals surface area contributed by atoms with Crippen molar-refractivity contribution in [1.82, 2.24) is 9.80 Å². The molecule has 0 bridgehead atoms. The van der Waals surface area contributed by atoms with Gasteiger partial charge in [0.05, 0.1) is 13.2 Å². The van der Waals surface area contributed by atoms with E-state index in [1.165, 1.54) is 6.42 Å². The fraction of sp³-hybridized carbons (Fsp3) is 0.933. The molecule has 0 aromatic rings. The van der Waals surface area contributed by atoms with Crippen LogP contribution in [0.25, 0.3) is 0 Å². The maximum Gasteiger partial charge on any atom is 0.139 e. The molecule has 19 heavy (non-hydrogen) atoms. The minimum atomic E-state index is -0.191. The second-order valence-corrected chi connectivity index (χ2v) is 6.81. The van der Waals surface area contributed by atoms with Gasteiger partial charge >= 0.3 is 0 Å². The van der Waals surface area contributed by atoms with E-state index in [0.717, 1.165) is 45.9 Å². The smallest absolute Gasteiger partial charge is 0.139 e. The predicted octanol–water partition coefficient (Wildman–Crippen LogP) is 1.40. The molecular weight excluding hydrogens is 240 g/mol. The lowest BCUT2D eigenvalue weighted by Crippen LogP contribution is -2.44. The number of carbonyl (C=O) groups excluding carboxylic acids is 1. The van der Waals surface area contributed by atoms with Crippen LogP contribution in [0.2, 0.25) is 0 Å². The summed E-state index contributed by atoms with van der Waals surface area (Å²) in [5.74, 6) is 0.377. The summed E-state index contributed by atoms with van der Waals surface area (Å²) in [7, 11) is 0. The van der Waals surface area contributed by atoms with Gasteiger partial charge in [-0.05, 0) is 13.0 Å². The highest BCUT2D eigenvalue weighted by Gasteiger charge is 2.29. The largest absolute Gasteiger partial charge is 0.379 e. The maximum atomic E-state index is 12.0. The molecule has 2 heterocycles. The number of likely N-dealkylation sites (tertiary alicyclic amines) is 1. The average molecular weight is 268 g/mol. The Morgan fingerprint density at radius 3 is 2.53 bits per heavy atom. The maximum absolute atomic E-state index is 12.0. The van der Waals surface area contributed by atoms with Gasteiger partial charge < -0.3 is 9.64 Å². The fourth-order valence-corrected chi connectivity index (χ4v) is 2.89. The third-order valence-electron chi connectivity index (χ3n) is 4.30. The van der Waals surface area contributed by atoms with Crippen molar-refractivity contribution in [2.45, 2.75) is 39.7 Å². The zero-order valence-corrected chi connectivity index (χ0v) is 12.7. The Hall–Kier alpha value is -0.450. The van der Waals surface area contributed by atoms with Gasteiger partial charge in [-0.3, -0.25) is 9.69 Å². The zero-order chi connectivity index (χ0) is 13.9. The van der Waals surface area contributed by atoms with Crippen LogP contribution in [0.5, 0.6) is 0 Å². The lowest BCUT2D eigenvalue weighted by Gasteiger charge is -2.32. The number of ketones is 1. The van der Waals surface area contributed by atoms with Crippen LogP contribution in [0.15, 0.2) is 0 Å². The standard InChI is InChI=1S/C15H28N2O2/c1-15(2,3)14(18)5-7-16-6-4-13(12-16)17-8-10-19-11-9-17/h13H,4-12H2,1-3H3. The summed E-state index contributed by atoms with van der Waals surface area (Å²) in [6, 6.07) is 0.675. The molecule has 2 rings (SSSR count). The Balaban J connectivity index is 1.71. The Labute approximate surface area is 117 Å². The lowest BCUT2D eigenvalue weighted by molar-refractivity contribution is -0.126. The Morgan fingerprint density at radius 2 is 1.89 bits per heavy atom. The molecule has 0 aliphatic carbocycles. The Bertz CT molecular complexity index is 306. The summed E-state index contributed by atoms with van der Waals surface area (Å²) in [6.45, 7) is 13.1. The van der Waals surface area contributed by atoms with Gasteiger partial charge in [0.2, 0.25) is 0 Å². The number of rotatable bonds is 4. The van der Waals surface area contributed by atoms with E-state index in [4.69, 9.17) is 4.74 Å². The first-order valence-electron chi connectivity index (χ1n) is 7.54. The summed E-state index contributed by atoms with van der Waals surface area (Å²) < 4.78 is 5.40. The highest BCUT2D eigenvalue weighted by Crippen LogP contribution is 2.20. The summed E-state index contributed by atoms with van der Waals surface area (Å²) in [6.07, 6.45) is 1.93. The van der Waals surface area contributed by atoms with E-state index in [1.807, 2.05) is 20.8 Å². The summed E-state index contributed by atoms with van der Waals surface area (Å²) in [4.78, 5) is 16.9. The van der Waals surface area contributed by atoms with Crippen molar-refractivity contribution in [3.05, 3.63) is 0 Å². The van der Waals surface area contributed by atoms with Gasteiger partial charge in [0, 0.05) is 44.1 Å². The highest BCUT2D eigenvalue weighted by atomic mass is 16.5. The van der Waals surface area contributed by atoms with Gasteiger partial charge in [0.15, 0.2) is 0 Å². The summed E-state index contributed by atoms with van der Waals surface area (Å²) >= 11 is 0. The quantitative estimate of drug-likeness (QED) is 0.771. The lowest BCUT2D eigenvalue weighted by atomic mass is 9.89. The molecule has 0 saturated carbocycles. The molecule has 0 spiro atoms. The van der Waals surface area contributed by atoms with Crippen LogP contribution in [0.4, 0.5) is 0 Å². The number of morpholine rings is 1. The first-order chi connectivity index (χ1) is 8.97. The van der Waals surface area contributed by atoms with E-state index in [0.29, 0.717) is 18.2 Å². The Kier molecular flexibility index (Phi) is 4.98. The third kappa shape index (κ3) is 4.26. The molecular formula is C15H28N2O2. The van der Waals surface area contributed by atoms with Crippen molar-refractivity contribution >= 4 is 5.78 Å². The molecule has 0 N–H and O–H groups in total. The molecule has 1 atom stereocenters. The molecule has 0 aromatic carbocycles. The molecule has 0 aromatic heterocycles. The van der Waals surface area contributed by atoms with E-state index in [1.54, 1.807) is 0 Å². The van der Waals surface area contributed by atoms with E-state index in [-0.39, 0.29) is 5.41 Å². The first-order valence-corrected chi connectivity index (χ1v) is 7.54. The topological polar surface area (TPSA) is 32.8 Å². The zero-order valence-electron chi connectivity index (χ0n) is 12.7. The SMILES string of the molecule is CC(C)(C)C(=O)CCN1CCC(N2CCOCC2)C1. The number of Topliss-reactive ketones (excluding diaryl/α,β-unsaturated/α-hetero) is 1. The number of hydrogen-bond donors (Lipinski definition) is 0. The molecule has 4 nitrogen and oxygen atoms in total. The number of carbonyl (C=O) groups is 1. The van der Waals surface area contributed by atoms with E-state index >= 15 is 0 Å². The highest BCUT2D eigenvalue weighted by molar-refractivity contribution is 5.83. The van der Waals surface area contributed by atoms with Crippen molar-refractivity contribution in [2.75, 3.05) is 45.9 Å². The number of hydrogen-bond acceptors (Lipinski definition) is 4. The van der Waals surface area contributed by atoms with Crippen LogP contribution in [0.3, 0.4) is 0 Å². The van der Waals surface area contributed by atoms with E-state index < -0.39 is 0 Å². The second-order valence-electron chi connectivity index (χ2n) is 6.81. The van der Waals surface area contributed by atoms with Crippen molar-refractivity contribution in [1.29, 1.82) is 0 Å². The van der Waals surface area contributed by atoms with Crippen LogP contribution in [0.1, 0.15) is 33.6 Å². The van der Waals surface area contributed by atoms with Gasteiger partial charge in [-0.25, -0.2) is 0 Å². The normalized spacial score (nSPS) is 26.8. The second kappa shape index (κ2) is 6.33. The first kappa shape index (κ1) is 14.9. The molecule has 0 amide bonds. The monoisotopic (exact) mass is 268 g/mol. The third-order valence-corrected chi connectivity index (χ3v) is 4.30. The number of ether oxygens (including phenoxy) is 1. The van der Waals surface area contributed by atoms with Crippen molar-refractivity contribution < 1.29 is 9.53 Å². The summed E-state index contributed by atoms with van der Waals surface area (Å²) in [5, 5.41) is 0. The van der Waals surface area contributed by atoms with Crippen LogP contribution < -0.4 is 0 Å². The van der Waals surface area contributed by atoms with Crippen LogP contribution in [0, 0.1) is 5.41 Å². The molecule has 1 unspecified atom stereocenters. The molecule has 2 fully saturated rings. The fourth-order valence-electron chi connectivity index (χ4n) is 2.89. The van der Waals surface area contributed by atoms with Crippen molar-refractivity contribution in [2.24, 2.45) is 5.41 Å². The van der Waals surface area contributed by atoms with Crippen molar-refractivity contribution in [3.63, 3.8) is 0 Å². The van der Waals surface area contributed by atoms with E-state index in [2.05, 4.69) is 9.80 Å². The molecule has 2 aliphatic rings. The van der Waals surface area contributed by atoms with Crippen LogP contribution in [-0.2, 0) is 9.53 Å². The number of nitrogens with zero attached hydrogens (tertiary/aromatic N) is 2. The molecule has 2 aliphatic heterocycles. The van der Waals surface area contributed by atoms with Gasteiger partial charge in [0.1, 0.15) is 5.78 Å². The van der Waals surface area contributed by atoms with Crippen LogP contribution in [-0.4, -0.2) is 67.6 Å². The molecule has 2 saturated heterocycles.